The molecule has 0 fully saturated rings. The van der Waals surface area contributed by atoms with E-state index in [1.807, 2.05) is 43.6 Å². The molecule has 0 unspecified atom stereocenters. The van der Waals surface area contributed by atoms with E-state index in [1.54, 1.807) is 17.9 Å². The first-order valence-corrected chi connectivity index (χ1v) is 7.72. The first-order chi connectivity index (χ1) is 12.2. The Morgan fingerprint density at radius 2 is 1.88 bits per heavy atom. The van der Waals surface area contributed by atoms with E-state index >= 15 is 0 Å². The van der Waals surface area contributed by atoms with Crippen LogP contribution in [0, 0.1) is 0 Å². The lowest BCUT2D eigenvalue weighted by Gasteiger charge is -2.08. The topological polar surface area (TPSA) is 91.7 Å². The fourth-order valence-electron chi connectivity index (χ4n) is 2.81. The number of nitrogens with two attached hydrogens (primary N) is 1. The lowest BCUT2D eigenvalue weighted by atomic mass is 10.0. The molecule has 2 N–H and O–H groups in total. The summed E-state index contributed by atoms with van der Waals surface area (Å²) >= 11 is 0. The molecular formula is C18H16N6O. The molecule has 0 radical (unpaired) electrons. The normalized spacial score (nSPS) is 11.0. The maximum Gasteiger partial charge on any atom is 0.166 e. The molecule has 3 aromatic heterocycles. The van der Waals surface area contributed by atoms with Gasteiger partial charge in [-0.1, -0.05) is 30.3 Å². The molecule has 0 spiro atoms. The van der Waals surface area contributed by atoms with Gasteiger partial charge in [0, 0.05) is 30.4 Å². The Morgan fingerprint density at radius 3 is 2.64 bits per heavy atom. The van der Waals surface area contributed by atoms with Crippen LogP contribution in [0.15, 0.2) is 48.9 Å². The first-order valence-electron chi connectivity index (χ1n) is 7.72. The van der Waals surface area contributed by atoms with Crippen LogP contribution in [0.3, 0.4) is 0 Å². The van der Waals surface area contributed by atoms with Crippen LogP contribution in [0.25, 0.3) is 33.5 Å². The van der Waals surface area contributed by atoms with Crippen LogP contribution in [0.2, 0.25) is 0 Å². The summed E-state index contributed by atoms with van der Waals surface area (Å²) in [4.78, 5) is 13.2. The molecule has 0 amide bonds. The van der Waals surface area contributed by atoms with E-state index in [1.165, 1.54) is 6.33 Å². The van der Waals surface area contributed by atoms with Crippen molar-refractivity contribution in [2.45, 2.75) is 0 Å². The highest BCUT2D eigenvalue weighted by molar-refractivity contribution is 5.94. The molecule has 0 aliphatic carbocycles. The van der Waals surface area contributed by atoms with Gasteiger partial charge in [-0.2, -0.15) is 5.10 Å². The van der Waals surface area contributed by atoms with Gasteiger partial charge in [-0.3, -0.25) is 4.68 Å². The zero-order valence-corrected chi connectivity index (χ0v) is 13.8. The zero-order chi connectivity index (χ0) is 17.4. The summed E-state index contributed by atoms with van der Waals surface area (Å²) in [6.45, 7) is 0. The molecule has 7 nitrogen and oxygen atoms in total. The molecule has 0 saturated carbocycles. The maximum absolute atomic E-state index is 5.99. The van der Waals surface area contributed by atoms with Gasteiger partial charge in [0.15, 0.2) is 11.6 Å². The highest BCUT2D eigenvalue weighted by atomic mass is 16.5. The summed E-state index contributed by atoms with van der Waals surface area (Å²) in [5, 5.41) is 4.59. The number of rotatable bonds is 3. The molecule has 0 bridgehead atoms. The van der Waals surface area contributed by atoms with Crippen LogP contribution in [0.1, 0.15) is 0 Å². The van der Waals surface area contributed by atoms with Crippen molar-refractivity contribution in [3.8, 4) is 28.3 Å². The molecule has 0 atom stereocenters. The number of pyridine rings is 1. The second-order valence-electron chi connectivity index (χ2n) is 5.60. The van der Waals surface area contributed by atoms with Gasteiger partial charge >= 0.3 is 0 Å². The van der Waals surface area contributed by atoms with E-state index < -0.39 is 0 Å². The molecule has 25 heavy (non-hydrogen) atoms. The first kappa shape index (κ1) is 15.1. The monoisotopic (exact) mass is 332 g/mol. The van der Waals surface area contributed by atoms with Gasteiger partial charge < -0.3 is 10.5 Å². The van der Waals surface area contributed by atoms with Crippen molar-refractivity contribution in [3.63, 3.8) is 0 Å². The van der Waals surface area contributed by atoms with Crippen LogP contribution in [-0.2, 0) is 7.05 Å². The molecule has 124 valence electrons. The van der Waals surface area contributed by atoms with Crippen molar-refractivity contribution in [2.24, 2.45) is 7.05 Å². The third kappa shape index (κ3) is 2.55. The summed E-state index contributed by atoms with van der Waals surface area (Å²) in [5.74, 6) is 0.794. The van der Waals surface area contributed by atoms with Crippen molar-refractivity contribution in [1.29, 1.82) is 0 Å². The van der Waals surface area contributed by atoms with E-state index in [2.05, 4.69) is 20.1 Å². The molecule has 0 aliphatic rings. The number of benzene rings is 1. The molecule has 0 aliphatic heterocycles. The van der Waals surface area contributed by atoms with Crippen molar-refractivity contribution in [1.82, 2.24) is 24.7 Å². The predicted molar refractivity (Wildman–Crippen MR) is 95.9 cm³/mol. The predicted octanol–water partition coefficient (Wildman–Crippen LogP) is 2.68. The van der Waals surface area contributed by atoms with E-state index in [0.29, 0.717) is 28.3 Å². The number of fused-ring (bicyclic) bond motifs is 1. The lowest BCUT2D eigenvalue weighted by molar-refractivity contribution is 0.416. The lowest BCUT2D eigenvalue weighted by Crippen LogP contribution is -1.99. The second kappa shape index (κ2) is 5.86. The minimum atomic E-state index is 0.302. The highest BCUT2D eigenvalue weighted by Crippen LogP contribution is 2.34. The molecule has 1 aromatic carbocycles. The van der Waals surface area contributed by atoms with Gasteiger partial charge in [0.25, 0.3) is 0 Å². The fraction of sp³-hybridized carbons (Fsp3) is 0.111. The largest absolute Gasteiger partial charge is 0.493 e. The number of ether oxygens (including phenoxy) is 1. The van der Waals surface area contributed by atoms with E-state index in [9.17, 15) is 0 Å². The van der Waals surface area contributed by atoms with E-state index in [-0.39, 0.29) is 0 Å². The smallest absolute Gasteiger partial charge is 0.166 e. The Kier molecular flexibility index (Phi) is 3.53. The molecule has 0 saturated heterocycles. The number of anilines is 1. The minimum Gasteiger partial charge on any atom is -0.493 e. The number of aromatic nitrogens is 5. The Morgan fingerprint density at radius 1 is 1.08 bits per heavy atom. The third-order valence-corrected chi connectivity index (χ3v) is 3.95. The van der Waals surface area contributed by atoms with Gasteiger partial charge in [-0.25, -0.2) is 15.0 Å². The van der Waals surface area contributed by atoms with E-state index in [0.717, 1.165) is 16.8 Å². The number of nitrogens with zero attached hydrogens (tertiary/aromatic N) is 5. The van der Waals surface area contributed by atoms with Crippen molar-refractivity contribution in [2.75, 3.05) is 12.8 Å². The van der Waals surface area contributed by atoms with Crippen molar-refractivity contribution >= 4 is 16.9 Å². The molecule has 4 rings (SSSR count). The van der Waals surface area contributed by atoms with Crippen molar-refractivity contribution in [3.05, 3.63) is 48.9 Å². The SMILES string of the molecule is COc1cc2ncnc(-c3cn(C)nc3-c3ccccc3)c2nc1N. The zero-order valence-electron chi connectivity index (χ0n) is 13.8. The maximum atomic E-state index is 5.99. The quantitative estimate of drug-likeness (QED) is 0.620. The fourth-order valence-corrected chi connectivity index (χ4v) is 2.81. The molecular weight excluding hydrogens is 316 g/mol. The summed E-state index contributed by atoms with van der Waals surface area (Å²) in [6, 6.07) is 11.7. The minimum absolute atomic E-state index is 0.302. The summed E-state index contributed by atoms with van der Waals surface area (Å²) in [6.07, 6.45) is 3.43. The highest BCUT2D eigenvalue weighted by Gasteiger charge is 2.18. The second-order valence-corrected chi connectivity index (χ2v) is 5.60. The van der Waals surface area contributed by atoms with Crippen LogP contribution < -0.4 is 10.5 Å². The number of nitrogen functional groups attached to an aromatic ring is 1. The van der Waals surface area contributed by atoms with E-state index in [4.69, 9.17) is 10.5 Å². The van der Waals surface area contributed by atoms with Gasteiger partial charge in [0.05, 0.1) is 12.6 Å². The van der Waals surface area contributed by atoms with Crippen molar-refractivity contribution < 1.29 is 4.74 Å². The standard InChI is InChI=1S/C18H16N6O/c1-24-9-12(15(23-24)11-6-4-3-5-7-11)16-17-13(20-10-21-16)8-14(25-2)18(19)22-17/h3-10H,1-2H3,(H2,19,22). The summed E-state index contributed by atoms with van der Waals surface area (Å²) < 4.78 is 6.99. The van der Waals surface area contributed by atoms with Gasteiger partial charge in [0.2, 0.25) is 0 Å². The summed E-state index contributed by atoms with van der Waals surface area (Å²) in [7, 11) is 3.43. The van der Waals surface area contributed by atoms with Crippen LogP contribution >= 0.6 is 0 Å². The average molecular weight is 332 g/mol. The van der Waals surface area contributed by atoms with Crippen LogP contribution in [-0.4, -0.2) is 31.8 Å². The Bertz CT molecular complexity index is 1060. The Labute approximate surface area is 144 Å². The van der Waals surface area contributed by atoms with Gasteiger partial charge in [-0.05, 0) is 0 Å². The third-order valence-electron chi connectivity index (χ3n) is 3.95. The number of hydrogen-bond donors (Lipinski definition) is 1. The Balaban J connectivity index is 1.99. The van der Waals surface area contributed by atoms with Crippen LogP contribution in [0.5, 0.6) is 5.75 Å². The van der Waals surface area contributed by atoms with Crippen LogP contribution in [0.4, 0.5) is 5.82 Å². The molecule has 4 aromatic rings. The van der Waals surface area contributed by atoms with Gasteiger partial charge in [0.1, 0.15) is 23.2 Å². The Hall–Kier alpha value is -3.48. The molecule has 7 heteroatoms. The number of hydrogen-bond acceptors (Lipinski definition) is 6. The summed E-state index contributed by atoms with van der Waals surface area (Å²) in [5.41, 5.74) is 10.7. The number of aryl methyl sites for hydroxylation is 1. The van der Waals surface area contributed by atoms with Gasteiger partial charge in [-0.15, -0.1) is 0 Å². The number of methoxy groups -OCH3 is 1. The average Bonchev–Trinajstić information content (AvgIpc) is 3.03. The molecule has 3 heterocycles.